The summed E-state index contributed by atoms with van der Waals surface area (Å²) >= 11 is 0. The van der Waals surface area contributed by atoms with Crippen LogP contribution >= 0.6 is 0 Å². The molecule has 0 spiro atoms. The van der Waals surface area contributed by atoms with E-state index in [1.165, 1.54) is 96.3 Å². The molecule has 0 amide bonds. The minimum absolute atomic E-state index is 0.107. The van der Waals surface area contributed by atoms with Crippen molar-refractivity contribution in [1.29, 1.82) is 0 Å². The largest absolute Gasteiger partial charge is 0.462 e. The van der Waals surface area contributed by atoms with Crippen molar-refractivity contribution in [2.24, 2.45) is 0 Å². The molecule has 6 nitrogen and oxygen atoms in total. The van der Waals surface area contributed by atoms with Gasteiger partial charge in [0.15, 0.2) is 6.10 Å². The molecule has 376 valence electrons. The Morgan fingerprint density at radius 3 is 1.06 bits per heavy atom. The fraction of sp³-hybridized carbons (Fsp3) is 0.683. The second-order valence-electron chi connectivity index (χ2n) is 17.8. The van der Waals surface area contributed by atoms with Crippen LogP contribution < -0.4 is 0 Å². The first kappa shape index (κ1) is 62.3. The zero-order valence-corrected chi connectivity index (χ0v) is 42.9. The molecular weight excluding hydrogens is 817 g/mol. The van der Waals surface area contributed by atoms with Crippen LogP contribution in [0.5, 0.6) is 0 Å². The van der Waals surface area contributed by atoms with E-state index in [0.717, 1.165) is 103 Å². The van der Waals surface area contributed by atoms with Crippen LogP contribution in [0.3, 0.4) is 0 Å². The summed E-state index contributed by atoms with van der Waals surface area (Å²) in [5.74, 6) is -1.01. The van der Waals surface area contributed by atoms with E-state index >= 15 is 0 Å². The van der Waals surface area contributed by atoms with Crippen LogP contribution in [-0.2, 0) is 28.6 Å². The third kappa shape index (κ3) is 51.3. The van der Waals surface area contributed by atoms with E-state index in [2.05, 4.69) is 112 Å². The van der Waals surface area contributed by atoms with Gasteiger partial charge in [0.1, 0.15) is 13.2 Å². The molecule has 0 heterocycles. The molecular formula is C60H100O6. The average molecular weight is 917 g/mol. The molecule has 0 radical (unpaired) electrons. The third-order valence-corrected chi connectivity index (χ3v) is 11.3. The summed E-state index contributed by atoms with van der Waals surface area (Å²) in [5.41, 5.74) is 0. The van der Waals surface area contributed by atoms with E-state index in [9.17, 15) is 14.4 Å². The number of carbonyl (C=O) groups excluding carboxylic acids is 3. The molecule has 66 heavy (non-hydrogen) atoms. The van der Waals surface area contributed by atoms with Crippen LogP contribution in [0.25, 0.3) is 0 Å². The first-order chi connectivity index (χ1) is 32.5. The average Bonchev–Trinajstić information content (AvgIpc) is 3.31. The molecule has 0 aromatic heterocycles. The number of hydrogen-bond acceptors (Lipinski definition) is 6. The molecule has 6 heteroatoms. The van der Waals surface area contributed by atoms with Crippen molar-refractivity contribution in [3.8, 4) is 0 Å². The molecule has 0 bridgehead atoms. The van der Waals surface area contributed by atoms with Crippen LogP contribution in [0.4, 0.5) is 0 Å². The molecule has 1 unspecified atom stereocenters. The predicted molar refractivity (Wildman–Crippen MR) is 284 cm³/mol. The van der Waals surface area contributed by atoms with Crippen molar-refractivity contribution >= 4 is 17.9 Å². The van der Waals surface area contributed by atoms with Gasteiger partial charge in [0.05, 0.1) is 0 Å². The summed E-state index contributed by atoms with van der Waals surface area (Å²) in [6.45, 7) is 6.41. The summed E-state index contributed by atoms with van der Waals surface area (Å²) in [5, 5.41) is 0. The summed E-state index contributed by atoms with van der Waals surface area (Å²) in [6.07, 6.45) is 71.1. The molecule has 1 atom stereocenters. The van der Waals surface area contributed by atoms with Crippen molar-refractivity contribution < 1.29 is 28.6 Å². The van der Waals surface area contributed by atoms with Crippen LogP contribution in [-0.4, -0.2) is 37.2 Å². The number of unbranched alkanes of at least 4 members (excludes halogenated alkanes) is 21. The number of carbonyl (C=O) groups is 3. The van der Waals surface area contributed by atoms with Gasteiger partial charge in [-0.05, 0) is 83.5 Å². The monoisotopic (exact) mass is 917 g/mol. The summed E-state index contributed by atoms with van der Waals surface area (Å²) in [6, 6.07) is 0. The second-order valence-corrected chi connectivity index (χ2v) is 17.8. The molecule has 0 aliphatic rings. The number of esters is 3. The highest BCUT2D eigenvalue weighted by Gasteiger charge is 2.19. The van der Waals surface area contributed by atoms with Crippen molar-refractivity contribution in [3.05, 3.63) is 97.2 Å². The topological polar surface area (TPSA) is 78.9 Å². The van der Waals surface area contributed by atoms with Crippen molar-refractivity contribution in [3.63, 3.8) is 0 Å². The smallest absolute Gasteiger partial charge is 0.306 e. The Balaban J connectivity index is 4.51. The molecule has 0 rings (SSSR count). The van der Waals surface area contributed by atoms with E-state index in [-0.39, 0.29) is 37.5 Å². The van der Waals surface area contributed by atoms with Crippen LogP contribution in [0.15, 0.2) is 97.2 Å². The highest BCUT2D eigenvalue weighted by atomic mass is 16.6. The van der Waals surface area contributed by atoms with Gasteiger partial charge in [0, 0.05) is 19.3 Å². The van der Waals surface area contributed by atoms with Gasteiger partial charge in [-0.3, -0.25) is 14.4 Å². The van der Waals surface area contributed by atoms with Gasteiger partial charge in [-0.25, -0.2) is 0 Å². The normalized spacial score (nSPS) is 12.8. The quantitative estimate of drug-likeness (QED) is 0.0262. The van der Waals surface area contributed by atoms with E-state index in [4.69, 9.17) is 14.2 Å². The summed E-state index contributed by atoms with van der Waals surface area (Å²) in [4.78, 5) is 38.0. The van der Waals surface area contributed by atoms with E-state index < -0.39 is 6.10 Å². The van der Waals surface area contributed by atoms with E-state index in [0.29, 0.717) is 19.3 Å². The Labute approximate surface area is 407 Å². The Morgan fingerprint density at radius 2 is 0.636 bits per heavy atom. The molecule has 0 N–H and O–H groups in total. The van der Waals surface area contributed by atoms with Crippen molar-refractivity contribution in [2.45, 2.75) is 252 Å². The zero-order chi connectivity index (χ0) is 47.9. The first-order valence-electron chi connectivity index (χ1n) is 27.2. The predicted octanol–water partition coefficient (Wildman–Crippen LogP) is 18.1. The Morgan fingerprint density at radius 1 is 0.318 bits per heavy atom. The lowest BCUT2D eigenvalue weighted by molar-refractivity contribution is -0.166. The minimum Gasteiger partial charge on any atom is -0.462 e. The van der Waals surface area contributed by atoms with Crippen LogP contribution in [0.2, 0.25) is 0 Å². The number of hydrogen-bond donors (Lipinski definition) is 0. The van der Waals surface area contributed by atoms with Crippen LogP contribution in [0.1, 0.15) is 245 Å². The molecule has 0 saturated heterocycles. The molecule has 0 aliphatic heterocycles. The lowest BCUT2D eigenvalue weighted by atomic mass is 10.0. The lowest BCUT2D eigenvalue weighted by Crippen LogP contribution is -2.30. The fourth-order valence-electron chi connectivity index (χ4n) is 7.25. The van der Waals surface area contributed by atoms with E-state index in [1.54, 1.807) is 0 Å². The van der Waals surface area contributed by atoms with Gasteiger partial charge in [0.25, 0.3) is 0 Å². The number of allylic oxidation sites excluding steroid dienone is 16. The molecule has 0 aromatic rings. The maximum absolute atomic E-state index is 12.8. The van der Waals surface area contributed by atoms with Crippen molar-refractivity contribution in [2.75, 3.05) is 13.2 Å². The Hall–Kier alpha value is -3.67. The zero-order valence-electron chi connectivity index (χ0n) is 42.9. The van der Waals surface area contributed by atoms with Gasteiger partial charge < -0.3 is 14.2 Å². The highest BCUT2D eigenvalue weighted by molar-refractivity contribution is 5.71. The first-order valence-corrected chi connectivity index (χ1v) is 27.2. The second kappa shape index (κ2) is 53.9. The van der Waals surface area contributed by atoms with E-state index in [1.807, 2.05) is 6.08 Å². The molecule has 0 saturated carbocycles. The third-order valence-electron chi connectivity index (χ3n) is 11.3. The van der Waals surface area contributed by atoms with Gasteiger partial charge in [-0.15, -0.1) is 0 Å². The SMILES string of the molecule is CC/C=C\C/C=C\C/C=C\C/C=C\C/C=C\C/C=C\CCC(=O)OCC(COC(=O)CCCCCCC/C=C\C/C=C\CCCC)OC(=O)CCCCCCCCCCCCCCCCC. The van der Waals surface area contributed by atoms with Crippen LogP contribution in [0, 0.1) is 0 Å². The van der Waals surface area contributed by atoms with Gasteiger partial charge in [-0.2, -0.15) is 0 Å². The number of rotatable bonds is 48. The standard InChI is InChI=1S/C60H100O6/c1-4-7-10-13-16-19-22-25-28-29-30-31-33-35-38-41-44-47-50-53-59(62)65-56-57(55-64-58(61)52-49-46-43-40-37-34-27-24-21-18-15-12-9-6-3)66-60(63)54-51-48-45-42-39-36-32-26-23-20-17-14-11-8-5-2/h7,10,15-16,18-19,24-25,27-28,30-31,35,38,44,47,57H,4-6,8-9,11-14,17,20-23,26,29,32-34,36-37,39-43,45-46,48-56H2,1-3H3/b10-7-,18-15-,19-16-,27-24-,28-25-,31-30-,38-35-,47-44-. The molecule has 0 fully saturated rings. The fourth-order valence-corrected chi connectivity index (χ4v) is 7.25. The number of ether oxygens (including phenoxy) is 3. The summed E-state index contributed by atoms with van der Waals surface area (Å²) < 4.78 is 16.8. The minimum atomic E-state index is -0.812. The van der Waals surface area contributed by atoms with Gasteiger partial charge in [-0.1, -0.05) is 240 Å². The van der Waals surface area contributed by atoms with Gasteiger partial charge in [0.2, 0.25) is 0 Å². The maximum atomic E-state index is 12.8. The maximum Gasteiger partial charge on any atom is 0.306 e. The molecule has 0 aliphatic carbocycles. The highest BCUT2D eigenvalue weighted by Crippen LogP contribution is 2.15. The van der Waals surface area contributed by atoms with Crippen molar-refractivity contribution in [1.82, 2.24) is 0 Å². The Bertz CT molecular complexity index is 1330. The summed E-state index contributed by atoms with van der Waals surface area (Å²) in [7, 11) is 0. The Kier molecular flexibility index (Phi) is 50.9. The van der Waals surface area contributed by atoms with Gasteiger partial charge >= 0.3 is 17.9 Å². The lowest BCUT2D eigenvalue weighted by Gasteiger charge is -2.18. The molecule has 0 aromatic carbocycles.